The third-order valence-corrected chi connectivity index (χ3v) is 7.26. The number of ether oxygens (including phenoxy) is 1. The van der Waals surface area contributed by atoms with Gasteiger partial charge in [-0.3, -0.25) is 9.59 Å². The lowest BCUT2D eigenvalue weighted by Crippen LogP contribution is -2.53. The summed E-state index contributed by atoms with van der Waals surface area (Å²) < 4.78 is 5.57. The van der Waals surface area contributed by atoms with Crippen molar-refractivity contribution in [1.82, 2.24) is 10.2 Å². The highest BCUT2D eigenvalue weighted by Crippen LogP contribution is 2.44. The zero-order valence-electron chi connectivity index (χ0n) is 18.4. The molecule has 1 saturated heterocycles. The number of hydrogen-bond acceptors (Lipinski definition) is 4. The van der Waals surface area contributed by atoms with E-state index in [1.165, 1.54) is 22.3 Å². The molecule has 2 aromatic rings. The van der Waals surface area contributed by atoms with E-state index in [0.29, 0.717) is 44.5 Å². The van der Waals surface area contributed by atoms with Crippen molar-refractivity contribution in [2.75, 3.05) is 26.2 Å². The monoisotopic (exact) mass is 448 g/mol. The fraction of sp³-hybridized carbons (Fsp3) is 0.423. The Bertz CT molecular complexity index is 1030. The smallest absolute Gasteiger partial charge is 0.407 e. The number of rotatable bonds is 7. The number of nitrogens with zero attached hydrogens (tertiary/aromatic N) is 1. The lowest BCUT2D eigenvalue weighted by Gasteiger charge is -2.40. The predicted octanol–water partition coefficient (Wildman–Crippen LogP) is 3.48. The molecule has 2 amide bonds. The first-order valence-electron chi connectivity index (χ1n) is 11.6. The molecule has 5 rings (SSSR count). The molecular weight excluding hydrogens is 420 g/mol. The van der Waals surface area contributed by atoms with Crippen LogP contribution in [0.3, 0.4) is 0 Å². The van der Waals surface area contributed by atoms with Crippen LogP contribution in [0.4, 0.5) is 4.79 Å². The lowest BCUT2D eigenvalue weighted by atomic mass is 9.73. The number of hydrogen-bond donors (Lipinski definition) is 2. The van der Waals surface area contributed by atoms with E-state index in [2.05, 4.69) is 29.6 Å². The van der Waals surface area contributed by atoms with Crippen LogP contribution in [0.1, 0.15) is 36.3 Å². The molecule has 33 heavy (non-hydrogen) atoms. The maximum Gasteiger partial charge on any atom is 0.407 e. The maximum atomic E-state index is 12.3. The zero-order chi connectivity index (χ0) is 22.9. The lowest BCUT2D eigenvalue weighted by molar-refractivity contribution is -0.153. The maximum absolute atomic E-state index is 12.3. The Labute approximate surface area is 192 Å². The highest BCUT2D eigenvalue weighted by Gasteiger charge is 2.38. The second kappa shape index (κ2) is 8.89. The van der Waals surface area contributed by atoms with Gasteiger partial charge in [-0.25, -0.2) is 4.79 Å². The molecule has 1 aliphatic heterocycles. The fourth-order valence-corrected chi connectivity index (χ4v) is 5.30. The van der Waals surface area contributed by atoms with Crippen molar-refractivity contribution in [1.29, 1.82) is 0 Å². The van der Waals surface area contributed by atoms with Crippen molar-refractivity contribution in [2.45, 2.75) is 25.2 Å². The average Bonchev–Trinajstić information content (AvgIpc) is 3.06. The van der Waals surface area contributed by atoms with Crippen LogP contribution in [0.2, 0.25) is 0 Å². The summed E-state index contributed by atoms with van der Waals surface area (Å²) >= 11 is 0. The van der Waals surface area contributed by atoms with Crippen LogP contribution in [-0.2, 0) is 14.3 Å². The molecule has 3 aliphatic rings. The topological polar surface area (TPSA) is 95.9 Å². The van der Waals surface area contributed by atoms with Crippen molar-refractivity contribution in [3.63, 3.8) is 0 Å². The second-order valence-corrected chi connectivity index (χ2v) is 9.45. The minimum Gasteiger partial charge on any atom is -0.481 e. The first-order valence-corrected chi connectivity index (χ1v) is 11.6. The van der Waals surface area contributed by atoms with Crippen molar-refractivity contribution < 1.29 is 24.2 Å². The van der Waals surface area contributed by atoms with Crippen LogP contribution in [-0.4, -0.2) is 54.2 Å². The number of aliphatic carboxylic acids is 1. The Morgan fingerprint density at radius 1 is 0.939 bits per heavy atom. The summed E-state index contributed by atoms with van der Waals surface area (Å²) in [5, 5.41) is 11.8. The summed E-state index contributed by atoms with van der Waals surface area (Å²) in [6.07, 6.45) is 1.85. The molecule has 2 aromatic carbocycles. The molecule has 2 N–H and O–H groups in total. The minimum absolute atomic E-state index is 0.0421. The van der Waals surface area contributed by atoms with Crippen LogP contribution in [0, 0.1) is 17.8 Å². The Hall–Kier alpha value is -3.35. The van der Waals surface area contributed by atoms with Gasteiger partial charge in [-0.15, -0.1) is 0 Å². The number of carboxylic acids is 1. The van der Waals surface area contributed by atoms with Gasteiger partial charge in [0.2, 0.25) is 5.91 Å². The number of likely N-dealkylation sites (tertiary alicyclic amines) is 1. The Balaban J connectivity index is 1.03. The third kappa shape index (κ3) is 4.32. The summed E-state index contributed by atoms with van der Waals surface area (Å²) in [4.78, 5) is 37.0. The van der Waals surface area contributed by atoms with Crippen LogP contribution >= 0.6 is 0 Å². The number of nitrogens with one attached hydrogen (secondary N) is 1. The van der Waals surface area contributed by atoms with Gasteiger partial charge >= 0.3 is 12.1 Å². The van der Waals surface area contributed by atoms with Crippen molar-refractivity contribution in [3.05, 3.63) is 59.7 Å². The van der Waals surface area contributed by atoms with Gasteiger partial charge in [-0.1, -0.05) is 48.5 Å². The molecule has 7 nitrogen and oxygen atoms in total. The Morgan fingerprint density at radius 2 is 1.55 bits per heavy atom. The number of alkyl carbamates (subject to hydrolysis) is 1. The van der Waals surface area contributed by atoms with Crippen LogP contribution < -0.4 is 5.32 Å². The number of fused-ring (bicyclic) bond motifs is 3. The minimum atomic E-state index is -0.831. The van der Waals surface area contributed by atoms with E-state index in [4.69, 9.17) is 9.84 Å². The van der Waals surface area contributed by atoms with Crippen LogP contribution in [0.5, 0.6) is 0 Å². The summed E-state index contributed by atoms with van der Waals surface area (Å²) in [6, 6.07) is 16.5. The van der Waals surface area contributed by atoms with Crippen LogP contribution in [0.25, 0.3) is 11.1 Å². The van der Waals surface area contributed by atoms with Gasteiger partial charge in [-0.2, -0.15) is 0 Å². The fourth-order valence-electron chi connectivity index (χ4n) is 5.30. The first kappa shape index (κ1) is 21.5. The molecule has 2 aliphatic carbocycles. The highest BCUT2D eigenvalue weighted by molar-refractivity contribution is 5.81. The molecule has 0 unspecified atom stereocenters. The van der Waals surface area contributed by atoms with Gasteiger partial charge in [0, 0.05) is 32.0 Å². The van der Waals surface area contributed by atoms with E-state index in [9.17, 15) is 14.4 Å². The van der Waals surface area contributed by atoms with Crippen molar-refractivity contribution >= 4 is 18.0 Å². The van der Waals surface area contributed by atoms with E-state index in [1.54, 1.807) is 4.90 Å². The molecule has 2 fully saturated rings. The molecule has 0 bridgehead atoms. The molecule has 0 spiro atoms. The SMILES string of the molecule is O=C(NCC1CC(CC(=O)N2CC(C(=O)O)C2)C1)OCC1c2ccccc2-c2ccccc21. The second-order valence-electron chi connectivity index (χ2n) is 9.45. The molecule has 172 valence electrons. The van der Waals surface area contributed by atoms with Gasteiger partial charge in [-0.05, 0) is 46.9 Å². The van der Waals surface area contributed by atoms with Gasteiger partial charge in [0.1, 0.15) is 6.61 Å². The Morgan fingerprint density at radius 3 is 2.15 bits per heavy atom. The standard InChI is InChI=1S/C26H28N2O5/c29-24(28-13-18(14-28)25(30)31)11-16-9-17(10-16)12-27-26(32)33-15-23-21-7-3-1-5-19(21)20-6-2-4-8-22(20)23/h1-8,16-18,23H,9-15H2,(H,27,32)(H,30,31). The highest BCUT2D eigenvalue weighted by atomic mass is 16.5. The average molecular weight is 449 g/mol. The molecular formula is C26H28N2O5. The molecule has 0 aromatic heterocycles. The summed E-state index contributed by atoms with van der Waals surface area (Å²) in [5.74, 6) is -0.487. The normalized spacial score (nSPS) is 21.4. The van der Waals surface area contributed by atoms with E-state index >= 15 is 0 Å². The molecule has 7 heteroatoms. The number of benzene rings is 2. The molecule has 1 saturated carbocycles. The van der Waals surface area contributed by atoms with Gasteiger partial charge in [0.25, 0.3) is 0 Å². The number of carbonyl (C=O) groups is 3. The Kier molecular flexibility index (Phi) is 5.79. The molecule has 1 heterocycles. The molecule has 0 radical (unpaired) electrons. The van der Waals surface area contributed by atoms with Crippen molar-refractivity contribution in [2.24, 2.45) is 17.8 Å². The van der Waals surface area contributed by atoms with Gasteiger partial charge in [0.15, 0.2) is 0 Å². The van der Waals surface area contributed by atoms with E-state index in [-0.39, 0.29) is 11.8 Å². The van der Waals surface area contributed by atoms with Gasteiger partial charge in [0.05, 0.1) is 5.92 Å². The number of amides is 2. The predicted molar refractivity (Wildman–Crippen MR) is 122 cm³/mol. The van der Waals surface area contributed by atoms with Crippen LogP contribution in [0.15, 0.2) is 48.5 Å². The van der Waals surface area contributed by atoms with E-state index in [0.717, 1.165) is 12.8 Å². The summed E-state index contributed by atoms with van der Waals surface area (Å²) in [7, 11) is 0. The largest absolute Gasteiger partial charge is 0.481 e. The number of carboxylic acid groups (broad SMARTS) is 1. The third-order valence-electron chi connectivity index (χ3n) is 7.26. The van der Waals surface area contributed by atoms with Gasteiger partial charge < -0.3 is 20.1 Å². The van der Waals surface area contributed by atoms with E-state index < -0.39 is 18.0 Å². The van der Waals surface area contributed by atoms with Crippen molar-refractivity contribution in [3.8, 4) is 11.1 Å². The summed E-state index contributed by atoms with van der Waals surface area (Å²) in [6.45, 7) is 1.50. The van der Waals surface area contributed by atoms with E-state index in [1.807, 2.05) is 24.3 Å². The summed E-state index contributed by atoms with van der Waals surface area (Å²) in [5.41, 5.74) is 4.78. The quantitative estimate of drug-likeness (QED) is 0.676. The first-order chi connectivity index (χ1) is 16.0. The molecule has 0 atom stereocenters. The zero-order valence-corrected chi connectivity index (χ0v) is 18.4. The number of carbonyl (C=O) groups excluding carboxylic acids is 2.